The Labute approximate surface area is 71.8 Å². The number of hydrogen-bond acceptors (Lipinski definition) is 4. The van der Waals surface area contributed by atoms with Crippen molar-refractivity contribution in [3.8, 4) is 0 Å². The first-order chi connectivity index (χ1) is 5.59. The third-order valence-electron chi connectivity index (χ3n) is 1.47. The first-order valence-corrected chi connectivity index (χ1v) is 3.91. The van der Waals surface area contributed by atoms with E-state index in [-0.39, 0.29) is 6.10 Å². The predicted octanol–water partition coefficient (Wildman–Crippen LogP) is 0.800. The lowest BCUT2D eigenvalue weighted by atomic mass is 10.4. The summed E-state index contributed by atoms with van der Waals surface area (Å²) in [6.07, 6.45) is 1.22. The van der Waals surface area contributed by atoms with Crippen molar-refractivity contribution in [1.82, 2.24) is 4.98 Å². The van der Waals surface area contributed by atoms with Gasteiger partial charge in [-0.05, 0) is 13.8 Å². The number of aromatic nitrogens is 1. The van der Waals surface area contributed by atoms with Gasteiger partial charge in [0.15, 0.2) is 0 Å². The fraction of sp³-hybridized carbons (Fsp3) is 0.625. The molecule has 0 amide bonds. The standard InChI is InChI=1S/C8H14N2O2/c1-6-5-12-8(9-6)10(3)4-7(2)11/h5,7,11H,4H2,1-3H3. The van der Waals surface area contributed by atoms with E-state index < -0.39 is 0 Å². The lowest BCUT2D eigenvalue weighted by Gasteiger charge is -2.15. The number of aliphatic hydroxyl groups is 1. The smallest absolute Gasteiger partial charge is 0.297 e. The van der Waals surface area contributed by atoms with Gasteiger partial charge in [0.2, 0.25) is 0 Å². The van der Waals surface area contributed by atoms with Crippen molar-refractivity contribution in [3.05, 3.63) is 12.0 Å². The topological polar surface area (TPSA) is 49.5 Å². The van der Waals surface area contributed by atoms with Crippen LogP contribution >= 0.6 is 0 Å². The zero-order valence-corrected chi connectivity index (χ0v) is 7.61. The number of nitrogens with zero attached hydrogens (tertiary/aromatic N) is 2. The Balaban J connectivity index is 2.58. The maximum atomic E-state index is 9.08. The highest BCUT2D eigenvalue weighted by Crippen LogP contribution is 2.10. The lowest BCUT2D eigenvalue weighted by molar-refractivity contribution is 0.200. The number of oxazole rings is 1. The summed E-state index contributed by atoms with van der Waals surface area (Å²) in [5.74, 6) is 0. The van der Waals surface area contributed by atoms with Gasteiger partial charge in [-0.15, -0.1) is 0 Å². The summed E-state index contributed by atoms with van der Waals surface area (Å²) in [6.45, 7) is 4.12. The van der Waals surface area contributed by atoms with E-state index >= 15 is 0 Å². The Morgan fingerprint density at radius 3 is 2.83 bits per heavy atom. The SMILES string of the molecule is Cc1coc(N(C)CC(C)O)n1. The molecule has 1 aromatic rings. The van der Waals surface area contributed by atoms with Crippen LogP contribution in [0.3, 0.4) is 0 Å². The summed E-state index contributed by atoms with van der Waals surface area (Å²) in [5.41, 5.74) is 0.849. The molecule has 0 radical (unpaired) electrons. The van der Waals surface area contributed by atoms with Crippen LogP contribution in [0, 0.1) is 6.92 Å². The van der Waals surface area contributed by atoms with Crippen LogP contribution in [0.4, 0.5) is 6.01 Å². The molecule has 68 valence electrons. The minimum atomic E-state index is -0.373. The van der Waals surface area contributed by atoms with Gasteiger partial charge < -0.3 is 14.4 Å². The molecule has 0 saturated heterocycles. The molecule has 0 aliphatic rings. The Hall–Kier alpha value is -1.03. The minimum Gasteiger partial charge on any atom is -0.432 e. The molecule has 0 fully saturated rings. The second-order valence-electron chi connectivity index (χ2n) is 3.00. The van der Waals surface area contributed by atoms with Crippen LogP contribution < -0.4 is 4.90 Å². The summed E-state index contributed by atoms with van der Waals surface area (Å²) in [6, 6.07) is 0.549. The van der Waals surface area contributed by atoms with Gasteiger partial charge in [0.05, 0.1) is 11.8 Å². The molecule has 1 N–H and O–H groups in total. The van der Waals surface area contributed by atoms with Crippen LogP contribution in [-0.2, 0) is 0 Å². The van der Waals surface area contributed by atoms with E-state index in [2.05, 4.69) is 4.98 Å². The average Bonchev–Trinajstić information content (AvgIpc) is 2.34. The van der Waals surface area contributed by atoms with Gasteiger partial charge in [0.25, 0.3) is 6.01 Å². The highest BCUT2D eigenvalue weighted by atomic mass is 16.4. The largest absolute Gasteiger partial charge is 0.432 e. The van der Waals surface area contributed by atoms with Crippen molar-refractivity contribution in [2.24, 2.45) is 0 Å². The van der Waals surface area contributed by atoms with Gasteiger partial charge in [0.1, 0.15) is 6.26 Å². The molecule has 0 aliphatic heterocycles. The molecule has 0 bridgehead atoms. The number of aryl methyl sites for hydroxylation is 1. The Bertz CT molecular complexity index is 245. The van der Waals surface area contributed by atoms with Gasteiger partial charge in [-0.2, -0.15) is 4.98 Å². The summed E-state index contributed by atoms with van der Waals surface area (Å²) in [5, 5.41) is 9.08. The molecule has 0 spiro atoms. The van der Waals surface area contributed by atoms with Crippen LogP contribution in [-0.4, -0.2) is 29.8 Å². The van der Waals surface area contributed by atoms with E-state index in [1.807, 2.05) is 14.0 Å². The molecule has 4 nitrogen and oxygen atoms in total. The van der Waals surface area contributed by atoms with Crippen molar-refractivity contribution in [3.63, 3.8) is 0 Å². The monoisotopic (exact) mass is 170 g/mol. The van der Waals surface area contributed by atoms with E-state index in [4.69, 9.17) is 9.52 Å². The molecular formula is C8H14N2O2. The molecule has 12 heavy (non-hydrogen) atoms. The van der Waals surface area contributed by atoms with Gasteiger partial charge >= 0.3 is 0 Å². The molecule has 4 heteroatoms. The molecule has 1 rings (SSSR count). The van der Waals surface area contributed by atoms with Crippen molar-refractivity contribution in [2.45, 2.75) is 20.0 Å². The molecular weight excluding hydrogens is 156 g/mol. The highest BCUT2D eigenvalue weighted by Gasteiger charge is 2.08. The van der Waals surface area contributed by atoms with Gasteiger partial charge in [-0.25, -0.2) is 0 Å². The van der Waals surface area contributed by atoms with E-state index in [1.54, 1.807) is 18.1 Å². The van der Waals surface area contributed by atoms with Gasteiger partial charge in [-0.3, -0.25) is 0 Å². The molecule has 1 atom stereocenters. The lowest BCUT2D eigenvalue weighted by Crippen LogP contribution is -2.27. The molecule has 1 aromatic heterocycles. The number of hydrogen-bond donors (Lipinski definition) is 1. The maximum Gasteiger partial charge on any atom is 0.297 e. The number of anilines is 1. The molecule has 0 aromatic carbocycles. The molecule has 0 saturated carbocycles. The second kappa shape index (κ2) is 3.58. The van der Waals surface area contributed by atoms with E-state index in [9.17, 15) is 0 Å². The van der Waals surface area contributed by atoms with Gasteiger partial charge in [-0.1, -0.05) is 0 Å². The van der Waals surface area contributed by atoms with Crippen molar-refractivity contribution in [2.75, 3.05) is 18.5 Å². The fourth-order valence-electron chi connectivity index (χ4n) is 0.991. The quantitative estimate of drug-likeness (QED) is 0.729. The first kappa shape index (κ1) is 9.06. The number of rotatable bonds is 3. The normalized spacial score (nSPS) is 13.0. The van der Waals surface area contributed by atoms with Crippen LogP contribution in [0.5, 0.6) is 0 Å². The zero-order valence-electron chi connectivity index (χ0n) is 7.61. The summed E-state index contributed by atoms with van der Waals surface area (Å²) < 4.78 is 5.13. The summed E-state index contributed by atoms with van der Waals surface area (Å²) >= 11 is 0. The molecule has 1 heterocycles. The van der Waals surface area contributed by atoms with E-state index in [0.29, 0.717) is 12.6 Å². The van der Waals surface area contributed by atoms with E-state index in [1.165, 1.54) is 0 Å². The average molecular weight is 170 g/mol. The van der Waals surface area contributed by atoms with Crippen LogP contribution in [0.15, 0.2) is 10.7 Å². The van der Waals surface area contributed by atoms with Crippen LogP contribution in [0.25, 0.3) is 0 Å². The Morgan fingerprint density at radius 2 is 2.42 bits per heavy atom. The van der Waals surface area contributed by atoms with Gasteiger partial charge in [0, 0.05) is 13.6 Å². The van der Waals surface area contributed by atoms with E-state index in [0.717, 1.165) is 5.69 Å². The third kappa shape index (κ3) is 2.23. The predicted molar refractivity (Wildman–Crippen MR) is 46.2 cm³/mol. The minimum absolute atomic E-state index is 0.373. The Morgan fingerprint density at radius 1 is 1.75 bits per heavy atom. The van der Waals surface area contributed by atoms with Crippen LogP contribution in [0.1, 0.15) is 12.6 Å². The highest BCUT2D eigenvalue weighted by molar-refractivity contribution is 5.24. The number of likely N-dealkylation sites (N-methyl/N-ethyl adjacent to an activating group) is 1. The summed E-state index contributed by atoms with van der Waals surface area (Å²) in [4.78, 5) is 5.89. The first-order valence-electron chi connectivity index (χ1n) is 3.91. The Kier molecular flexibility index (Phi) is 2.70. The zero-order chi connectivity index (χ0) is 9.14. The third-order valence-corrected chi connectivity index (χ3v) is 1.47. The maximum absolute atomic E-state index is 9.08. The van der Waals surface area contributed by atoms with Crippen molar-refractivity contribution in [1.29, 1.82) is 0 Å². The van der Waals surface area contributed by atoms with Crippen molar-refractivity contribution >= 4 is 6.01 Å². The summed E-state index contributed by atoms with van der Waals surface area (Å²) in [7, 11) is 1.83. The van der Waals surface area contributed by atoms with Crippen LogP contribution in [0.2, 0.25) is 0 Å². The van der Waals surface area contributed by atoms with Crippen molar-refractivity contribution < 1.29 is 9.52 Å². The molecule has 0 aliphatic carbocycles. The fourth-order valence-corrected chi connectivity index (χ4v) is 0.991. The number of aliphatic hydroxyl groups excluding tert-OH is 1. The molecule has 1 unspecified atom stereocenters. The second-order valence-corrected chi connectivity index (χ2v) is 3.00.